The van der Waals surface area contributed by atoms with E-state index in [0.29, 0.717) is 18.7 Å². The van der Waals surface area contributed by atoms with Gasteiger partial charge in [0.15, 0.2) is 0 Å². The summed E-state index contributed by atoms with van der Waals surface area (Å²) in [7, 11) is 3.02. The second-order valence-electron chi connectivity index (χ2n) is 4.85. The van der Waals surface area contributed by atoms with E-state index in [4.69, 9.17) is 14.2 Å². The minimum atomic E-state index is -0.367. The average molecular weight is 299 g/mol. The van der Waals surface area contributed by atoms with Gasteiger partial charge in [-0.1, -0.05) is 12.1 Å². The fourth-order valence-electron chi connectivity index (χ4n) is 2.57. The molecule has 1 heterocycles. The zero-order chi connectivity index (χ0) is 15.5. The van der Waals surface area contributed by atoms with Crippen molar-refractivity contribution in [2.24, 2.45) is 0 Å². The number of methoxy groups -OCH3 is 2. The first-order valence-corrected chi connectivity index (χ1v) is 7.00. The van der Waals surface area contributed by atoms with Gasteiger partial charge in [0.2, 0.25) is 0 Å². The quantitative estimate of drug-likeness (QED) is 0.815. The molecule has 5 heteroatoms. The van der Waals surface area contributed by atoms with E-state index in [2.05, 4.69) is 4.90 Å². The summed E-state index contributed by atoms with van der Waals surface area (Å²) in [6.45, 7) is 1.25. The Labute approximate surface area is 129 Å². The molecular weight excluding hydrogens is 282 g/mol. The third-order valence-corrected chi connectivity index (χ3v) is 3.62. The molecule has 1 aliphatic rings. The van der Waals surface area contributed by atoms with E-state index < -0.39 is 0 Å². The predicted octanol–water partition coefficient (Wildman–Crippen LogP) is 3.01. The fourth-order valence-corrected chi connectivity index (χ4v) is 2.57. The molecule has 5 nitrogen and oxygen atoms in total. The molecule has 1 aliphatic heterocycles. The molecule has 0 bridgehead atoms. The van der Waals surface area contributed by atoms with Crippen molar-refractivity contribution in [2.45, 2.75) is 0 Å². The summed E-state index contributed by atoms with van der Waals surface area (Å²) in [5.74, 6) is 1.15. The lowest BCUT2D eigenvalue weighted by Gasteiger charge is -2.32. The van der Waals surface area contributed by atoms with Crippen LogP contribution in [0, 0.1) is 0 Å². The number of hydrogen-bond donors (Lipinski definition) is 0. The minimum absolute atomic E-state index is 0.367. The highest BCUT2D eigenvalue weighted by Gasteiger charge is 2.23. The molecule has 2 aromatic rings. The van der Waals surface area contributed by atoms with Gasteiger partial charge in [0, 0.05) is 0 Å². The van der Waals surface area contributed by atoms with Crippen molar-refractivity contribution >= 4 is 17.3 Å². The number of para-hydroxylation sites is 2. The lowest BCUT2D eigenvalue weighted by Crippen LogP contribution is -2.29. The summed E-state index contributed by atoms with van der Waals surface area (Å²) in [5, 5.41) is 0. The molecule has 22 heavy (non-hydrogen) atoms. The average Bonchev–Trinajstić information content (AvgIpc) is 2.60. The van der Waals surface area contributed by atoms with Gasteiger partial charge < -0.3 is 19.1 Å². The van der Waals surface area contributed by atoms with Crippen LogP contribution in [0.1, 0.15) is 10.4 Å². The molecule has 3 rings (SSSR count). The van der Waals surface area contributed by atoms with Gasteiger partial charge in [0.05, 0.1) is 37.7 Å². The van der Waals surface area contributed by atoms with Gasteiger partial charge in [-0.05, 0) is 30.3 Å². The number of fused-ring (bicyclic) bond motifs is 1. The van der Waals surface area contributed by atoms with Crippen molar-refractivity contribution in [2.75, 3.05) is 32.3 Å². The summed E-state index contributed by atoms with van der Waals surface area (Å²) in [4.78, 5) is 13.8. The lowest BCUT2D eigenvalue weighted by molar-refractivity contribution is 0.0600. The molecule has 0 N–H and O–H groups in total. The summed E-state index contributed by atoms with van der Waals surface area (Å²) in [6.07, 6.45) is 0. The Bertz CT molecular complexity index is 699. The highest BCUT2D eigenvalue weighted by molar-refractivity contribution is 5.92. The molecule has 2 aromatic carbocycles. The van der Waals surface area contributed by atoms with Crippen LogP contribution in [-0.4, -0.2) is 33.3 Å². The Morgan fingerprint density at radius 1 is 1.14 bits per heavy atom. The van der Waals surface area contributed by atoms with E-state index in [9.17, 15) is 4.79 Å². The number of nitrogens with zero attached hydrogens (tertiary/aromatic N) is 1. The summed E-state index contributed by atoms with van der Waals surface area (Å²) < 4.78 is 15.9. The lowest BCUT2D eigenvalue weighted by atomic mass is 10.1. The number of esters is 1. The largest absolute Gasteiger partial charge is 0.495 e. The summed E-state index contributed by atoms with van der Waals surface area (Å²) >= 11 is 0. The molecule has 0 radical (unpaired) electrons. The SMILES string of the molecule is COC(=O)c1ccc2c(c1)N(c1ccccc1OC)CCO2. The van der Waals surface area contributed by atoms with Crippen LogP contribution in [0.25, 0.3) is 0 Å². The van der Waals surface area contributed by atoms with Crippen LogP contribution in [-0.2, 0) is 4.74 Å². The Morgan fingerprint density at radius 2 is 1.95 bits per heavy atom. The Hall–Kier alpha value is -2.69. The van der Waals surface area contributed by atoms with Crippen molar-refractivity contribution in [3.8, 4) is 11.5 Å². The van der Waals surface area contributed by atoms with Crippen molar-refractivity contribution in [3.05, 3.63) is 48.0 Å². The van der Waals surface area contributed by atoms with Crippen molar-refractivity contribution in [1.82, 2.24) is 0 Å². The van der Waals surface area contributed by atoms with Crippen LogP contribution in [0.5, 0.6) is 11.5 Å². The van der Waals surface area contributed by atoms with Gasteiger partial charge in [-0.25, -0.2) is 4.79 Å². The summed E-state index contributed by atoms with van der Waals surface area (Å²) in [5.41, 5.74) is 2.27. The fraction of sp³-hybridized carbons (Fsp3) is 0.235. The van der Waals surface area contributed by atoms with Crippen molar-refractivity contribution in [1.29, 1.82) is 0 Å². The molecule has 0 atom stereocenters. The van der Waals surface area contributed by atoms with Gasteiger partial charge in [0.1, 0.15) is 18.1 Å². The second kappa shape index (κ2) is 5.97. The number of ether oxygens (including phenoxy) is 3. The van der Waals surface area contributed by atoms with E-state index in [1.165, 1.54) is 7.11 Å². The predicted molar refractivity (Wildman–Crippen MR) is 83.3 cm³/mol. The number of benzene rings is 2. The van der Waals surface area contributed by atoms with E-state index in [1.807, 2.05) is 24.3 Å². The maximum Gasteiger partial charge on any atom is 0.337 e. The molecule has 0 aliphatic carbocycles. The van der Waals surface area contributed by atoms with Crippen LogP contribution in [0.3, 0.4) is 0 Å². The van der Waals surface area contributed by atoms with Crippen LogP contribution >= 0.6 is 0 Å². The first-order chi connectivity index (χ1) is 10.7. The minimum Gasteiger partial charge on any atom is -0.495 e. The normalized spacial score (nSPS) is 13.1. The highest BCUT2D eigenvalue weighted by atomic mass is 16.5. The molecule has 0 saturated carbocycles. The van der Waals surface area contributed by atoms with Crippen molar-refractivity contribution < 1.29 is 19.0 Å². The molecule has 0 unspecified atom stereocenters. The third kappa shape index (κ3) is 2.45. The zero-order valence-electron chi connectivity index (χ0n) is 12.5. The molecule has 0 saturated heterocycles. The molecule has 0 amide bonds. The zero-order valence-corrected chi connectivity index (χ0v) is 12.5. The summed E-state index contributed by atoms with van der Waals surface area (Å²) in [6, 6.07) is 13.1. The van der Waals surface area contributed by atoms with Crippen LogP contribution in [0.4, 0.5) is 11.4 Å². The first kappa shape index (κ1) is 14.3. The molecular formula is C17H17NO4. The van der Waals surface area contributed by atoms with Crippen LogP contribution in [0.15, 0.2) is 42.5 Å². The smallest absolute Gasteiger partial charge is 0.337 e. The number of hydrogen-bond acceptors (Lipinski definition) is 5. The maximum atomic E-state index is 11.8. The van der Waals surface area contributed by atoms with Gasteiger partial charge in [-0.2, -0.15) is 0 Å². The number of rotatable bonds is 3. The molecule has 0 fully saturated rings. The van der Waals surface area contributed by atoms with E-state index in [-0.39, 0.29) is 5.97 Å². The highest BCUT2D eigenvalue weighted by Crippen LogP contribution is 2.40. The van der Waals surface area contributed by atoms with Crippen molar-refractivity contribution in [3.63, 3.8) is 0 Å². The number of carbonyl (C=O) groups is 1. The Morgan fingerprint density at radius 3 is 2.73 bits per heavy atom. The first-order valence-electron chi connectivity index (χ1n) is 7.00. The molecule has 114 valence electrons. The van der Waals surface area contributed by atoms with E-state index >= 15 is 0 Å². The van der Waals surface area contributed by atoms with Gasteiger partial charge in [-0.15, -0.1) is 0 Å². The second-order valence-corrected chi connectivity index (χ2v) is 4.85. The maximum absolute atomic E-state index is 11.8. The monoisotopic (exact) mass is 299 g/mol. The van der Waals surface area contributed by atoms with Crippen LogP contribution < -0.4 is 14.4 Å². The Kier molecular flexibility index (Phi) is 3.87. The number of anilines is 2. The van der Waals surface area contributed by atoms with Gasteiger partial charge in [0.25, 0.3) is 0 Å². The third-order valence-electron chi connectivity index (χ3n) is 3.62. The van der Waals surface area contributed by atoms with Gasteiger partial charge >= 0.3 is 5.97 Å². The van der Waals surface area contributed by atoms with E-state index in [1.54, 1.807) is 25.3 Å². The standard InChI is InChI=1S/C17H17NO4/c1-20-15-6-4-3-5-13(15)18-9-10-22-16-8-7-12(11-14(16)18)17(19)21-2/h3-8,11H,9-10H2,1-2H3. The molecule has 0 aromatic heterocycles. The van der Waals surface area contributed by atoms with Crippen LogP contribution in [0.2, 0.25) is 0 Å². The van der Waals surface area contributed by atoms with Gasteiger partial charge in [-0.3, -0.25) is 0 Å². The molecule has 0 spiro atoms. The number of carbonyl (C=O) groups excluding carboxylic acids is 1. The van der Waals surface area contributed by atoms with E-state index in [0.717, 1.165) is 22.9 Å². The Balaban J connectivity index is 2.08. The topological polar surface area (TPSA) is 48.0 Å².